The van der Waals surface area contributed by atoms with Gasteiger partial charge in [0.25, 0.3) is 0 Å². The molecule has 1 amide bonds. The van der Waals surface area contributed by atoms with Crippen LogP contribution in [0.25, 0.3) is 5.69 Å². The minimum absolute atomic E-state index is 0.178. The first-order valence-corrected chi connectivity index (χ1v) is 10.4. The number of nitrogens with one attached hydrogen (secondary N) is 1. The van der Waals surface area contributed by atoms with Crippen molar-refractivity contribution in [2.75, 3.05) is 11.6 Å². The molecular weight excluding hydrogens is 380 g/mol. The van der Waals surface area contributed by atoms with Crippen molar-refractivity contribution in [2.24, 2.45) is 0 Å². The van der Waals surface area contributed by atoms with E-state index < -0.39 is 16.1 Å². The molecule has 144 valence electrons. The summed E-state index contributed by atoms with van der Waals surface area (Å²) in [7, 11) is -3.56. The third-order valence-electron chi connectivity index (χ3n) is 4.66. The first kappa shape index (κ1) is 18.3. The lowest BCUT2D eigenvalue weighted by atomic mass is 9.95. The fourth-order valence-electron chi connectivity index (χ4n) is 3.30. The number of anilines is 1. The Morgan fingerprint density at radius 3 is 2.64 bits per heavy atom. The zero-order valence-electron chi connectivity index (χ0n) is 15.1. The molecule has 9 nitrogen and oxygen atoms in total. The number of carbonyl (C=O) groups is 1. The summed E-state index contributed by atoms with van der Waals surface area (Å²) in [5.74, 6) is -0.381. The number of fused-ring (bicyclic) bond motifs is 1. The number of nitrogens with zero attached hydrogens (tertiary/aromatic N) is 5. The predicted octanol–water partition coefficient (Wildman–Crippen LogP) is 0.987. The van der Waals surface area contributed by atoms with E-state index in [2.05, 4.69) is 20.8 Å². The van der Waals surface area contributed by atoms with Crippen molar-refractivity contribution in [3.63, 3.8) is 0 Å². The number of tetrazole rings is 1. The lowest BCUT2D eigenvalue weighted by Crippen LogP contribution is -2.50. The smallest absolute Gasteiger partial charge is 0.243 e. The van der Waals surface area contributed by atoms with Gasteiger partial charge in [-0.2, -0.15) is 4.31 Å². The number of amides is 1. The number of hydrogen-bond donors (Lipinski definition) is 1. The monoisotopic (exact) mass is 398 g/mol. The molecule has 1 N–H and O–H groups in total. The summed E-state index contributed by atoms with van der Waals surface area (Å²) in [5, 5.41) is 13.8. The molecular formula is C18H18N6O3S. The maximum Gasteiger partial charge on any atom is 0.243 e. The Labute approximate surface area is 162 Å². The number of aromatic nitrogens is 4. The minimum atomic E-state index is -3.56. The molecule has 1 unspecified atom stereocenters. The van der Waals surface area contributed by atoms with E-state index in [1.807, 2.05) is 24.3 Å². The van der Waals surface area contributed by atoms with E-state index in [-0.39, 0.29) is 12.5 Å². The molecule has 1 aliphatic heterocycles. The van der Waals surface area contributed by atoms with Crippen LogP contribution in [0.3, 0.4) is 0 Å². The van der Waals surface area contributed by atoms with Crippen molar-refractivity contribution in [3.8, 4) is 5.69 Å². The topological polar surface area (TPSA) is 110 Å². The van der Waals surface area contributed by atoms with Crippen LogP contribution in [0.15, 0.2) is 54.9 Å². The van der Waals surface area contributed by atoms with Gasteiger partial charge < -0.3 is 5.32 Å². The van der Waals surface area contributed by atoms with Crippen LogP contribution >= 0.6 is 0 Å². The molecule has 0 fully saturated rings. The number of rotatable bonds is 4. The van der Waals surface area contributed by atoms with Crippen LogP contribution in [0.5, 0.6) is 0 Å². The summed E-state index contributed by atoms with van der Waals surface area (Å²) >= 11 is 0. The summed E-state index contributed by atoms with van der Waals surface area (Å²) in [6.45, 7) is 0.178. The van der Waals surface area contributed by atoms with Crippen LogP contribution in [0.1, 0.15) is 11.1 Å². The largest absolute Gasteiger partial charge is 0.325 e. The van der Waals surface area contributed by atoms with Crippen LogP contribution in [-0.2, 0) is 27.8 Å². The molecule has 0 spiro atoms. The summed E-state index contributed by atoms with van der Waals surface area (Å²) in [4.78, 5) is 13.0. The SMILES string of the molecule is CS(=O)(=O)N1Cc2ccccc2CC1C(=O)Nc1cccc(-n2cnnn2)c1. The van der Waals surface area contributed by atoms with Crippen LogP contribution in [-0.4, -0.2) is 51.1 Å². The van der Waals surface area contributed by atoms with Gasteiger partial charge in [-0.05, 0) is 46.2 Å². The lowest BCUT2D eigenvalue weighted by Gasteiger charge is -2.34. The molecule has 3 aromatic rings. The Hall–Kier alpha value is -3.11. The molecule has 1 aliphatic rings. The van der Waals surface area contributed by atoms with Crippen LogP contribution in [0, 0.1) is 0 Å². The summed E-state index contributed by atoms with van der Waals surface area (Å²) in [6.07, 6.45) is 2.89. The molecule has 0 saturated heterocycles. The Bertz CT molecular complexity index is 1110. The summed E-state index contributed by atoms with van der Waals surface area (Å²) < 4.78 is 27.3. The van der Waals surface area contributed by atoms with Gasteiger partial charge in [-0.25, -0.2) is 13.1 Å². The van der Waals surface area contributed by atoms with Crippen molar-refractivity contribution in [2.45, 2.75) is 19.0 Å². The second kappa shape index (κ2) is 7.13. The highest BCUT2D eigenvalue weighted by Crippen LogP contribution is 2.26. The number of benzene rings is 2. The van der Waals surface area contributed by atoms with Crippen molar-refractivity contribution in [1.29, 1.82) is 0 Å². The van der Waals surface area contributed by atoms with Gasteiger partial charge in [0.05, 0.1) is 11.9 Å². The number of sulfonamides is 1. The van der Waals surface area contributed by atoms with Crippen molar-refractivity contribution in [1.82, 2.24) is 24.5 Å². The van der Waals surface area contributed by atoms with E-state index in [4.69, 9.17) is 0 Å². The van der Waals surface area contributed by atoms with Gasteiger partial charge in [0.1, 0.15) is 12.4 Å². The van der Waals surface area contributed by atoms with E-state index in [0.717, 1.165) is 17.4 Å². The highest BCUT2D eigenvalue weighted by molar-refractivity contribution is 7.88. The average Bonchev–Trinajstić information content (AvgIpc) is 3.21. The predicted molar refractivity (Wildman–Crippen MR) is 102 cm³/mol. The summed E-state index contributed by atoms with van der Waals surface area (Å²) in [5.41, 5.74) is 3.10. The zero-order valence-corrected chi connectivity index (χ0v) is 15.9. The van der Waals surface area contributed by atoms with E-state index in [9.17, 15) is 13.2 Å². The third-order valence-corrected chi connectivity index (χ3v) is 5.90. The Morgan fingerprint density at radius 1 is 1.14 bits per heavy atom. The lowest BCUT2D eigenvalue weighted by molar-refractivity contribution is -0.120. The minimum Gasteiger partial charge on any atom is -0.325 e. The fraction of sp³-hybridized carbons (Fsp3) is 0.222. The van der Waals surface area contributed by atoms with E-state index in [1.165, 1.54) is 15.3 Å². The molecule has 0 radical (unpaired) electrons. The molecule has 28 heavy (non-hydrogen) atoms. The van der Waals surface area contributed by atoms with Crippen LogP contribution in [0.4, 0.5) is 5.69 Å². The van der Waals surface area contributed by atoms with Crippen molar-refractivity contribution >= 4 is 21.6 Å². The Balaban J connectivity index is 1.61. The molecule has 2 aromatic carbocycles. The normalized spacial score (nSPS) is 17.1. The van der Waals surface area contributed by atoms with Gasteiger partial charge in [0.15, 0.2) is 0 Å². The standard InChI is InChI=1S/C18H18N6O3S/c1-28(26,27)24-11-14-6-3-2-5-13(14)9-17(24)18(25)20-15-7-4-8-16(10-15)23-12-19-21-22-23/h2-8,10,12,17H,9,11H2,1H3,(H,20,25). The Kier molecular flexibility index (Phi) is 4.65. The van der Waals surface area contributed by atoms with Crippen molar-refractivity contribution in [3.05, 3.63) is 66.0 Å². The average molecular weight is 398 g/mol. The third kappa shape index (κ3) is 3.64. The Morgan fingerprint density at radius 2 is 1.93 bits per heavy atom. The molecule has 1 atom stereocenters. The van der Waals surface area contributed by atoms with Crippen molar-refractivity contribution < 1.29 is 13.2 Å². The summed E-state index contributed by atoms with van der Waals surface area (Å²) in [6, 6.07) is 13.8. The van der Waals surface area contributed by atoms with Gasteiger partial charge in [0.2, 0.25) is 15.9 Å². The quantitative estimate of drug-likeness (QED) is 0.702. The molecule has 0 bridgehead atoms. The number of hydrogen-bond acceptors (Lipinski definition) is 6. The highest BCUT2D eigenvalue weighted by Gasteiger charge is 2.36. The van der Waals surface area contributed by atoms with Gasteiger partial charge >= 0.3 is 0 Å². The molecule has 0 saturated carbocycles. The zero-order chi connectivity index (χ0) is 19.7. The fourth-order valence-corrected chi connectivity index (χ4v) is 4.31. The highest BCUT2D eigenvalue weighted by atomic mass is 32.2. The van der Waals surface area contributed by atoms with Crippen LogP contribution < -0.4 is 5.32 Å². The first-order chi connectivity index (χ1) is 13.4. The number of carbonyl (C=O) groups excluding carboxylic acids is 1. The van der Waals surface area contributed by atoms with Crippen LogP contribution in [0.2, 0.25) is 0 Å². The first-order valence-electron chi connectivity index (χ1n) is 8.60. The molecule has 1 aromatic heterocycles. The van der Waals surface area contributed by atoms with E-state index in [1.54, 1.807) is 24.3 Å². The second-order valence-corrected chi connectivity index (χ2v) is 8.53. The molecule has 10 heteroatoms. The van der Waals surface area contributed by atoms with Gasteiger partial charge in [-0.15, -0.1) is 5.10 Å². The van der Waals surface area contributed by atoms with E-state index in [0.29, 0.717) is 17.8 Å². The van der Waals surface area contributed by atoms with Gasteiger partial charge in [-0.3, -0.25) is 4.79 Å². The van der Waals surface area contributed by atoms with E-state index >= 15 is 0 Å². The second-order valence-electron chi connectivity index (χ2n) is 6.59. The molecule has 0 aliphatic carbocycles. The molecule has 2 heterocycles. The maximum absolute atomic E-state index is 13.0. The van der Waals surface area contributed by atoms with Gasteiger partial charge in [-0.1, -0.05) is 30.3 Å². The maximum atomic E-state index is 13.0. The molecule has 4 rings (SSSR count). The van der Waals surface area contributed by atoms with Gasteiger partial charge in [0, 0.05) is 12.2 Å².